The van der Waals surface area contributed by atoms with E-state index in [1.54, 1.807) is 39.3 Å². The van der Waals surface area contributed by atoms with Crippen LogP contribution in [0, 0.1) is 12.7 Å². The number of rotatable bonds is 5. The molecule has 1 aromatic heterocycles. The SMILES string of the molecule is Cc1nc(N[C@H](C)c2cccc(C(F)F)c2F)c2cc(P(C)(C)=O)c(N)cc2n1. The van der Waals surface area contributed by atoms with Crippen LogP contribution in [0.1, 0.15) is 36.3 Å². The molecule has 154 valence electrons. The van der Waals surface area contributed by atoms with Crippen LogP contribution in [-0.4, -0.2) is 23.3 Å². The van der Waals surface area contributed by atoms with Gasteiger partial charge >= 0.3 is 0 Å². The van der Waals surface area contributed by atoms with Gasteiger partial charge in [0, 0.05) is 21.9 Å². The summed E-state index contributed by atoms with van der Waals surface area (Å²) >= 11 is 0. The number of hydrogen-bond donors (Lipinski definition) is 2. The van der Waals surface area contributed by atoms with Crippen LogP contribution in [0.3, 0.4) is 0 Å². The zero-order chi connectivity index (χ0) is 21.5. The van der Waals surface area contributed by atoms with Gasteiger partial charge < -0.3 is 15.6 Å². The number of aromatic nitrogens is 2. The lowest BCUT2D eigenvalue weighted by Crippen LogP contribution is -2.14. The van der Waals surface area contributed by atoms with E-state index in [1.807, 2.05) is 0 Å². The maximum Gasteiger partial charge on any atom is 0.266 e. The molecule has 3 N–H and O–H groups in total. The van der Waals surface area contributed by atoms with Gasteiger partial charge in [-0.15, -0.1) is 0 Å². The molecule has 0 amide bonds. The Kier molecular flexibility index (Phi) is 5.59. The van der Waals surface area contributed by atoms with E-state index in [0.717, 1.165) is 6.07 Å². The molecule has 1 heterocycles. The van der Waals surface area contributed by atoms with Gasteiger partial charge in [-0.1, -0.05) is 18.2 Å². The molecule has 0 spiro atoms. The topological polar surface area (TPSA) is 80.9 Å². The molecule has 0 unspecified atom stereocenters. The molecular weight excluding hydrogens is 400 g/mol. The first-order valence-corrected chi connectivity index (χ1v) is 11.6. The van der Waals surface area contributed by atoms with Crippen molar-refractivity contribution in [3.8, 4) is 0 Å². The zero-order valence-electron chi connectivity index (χ0n) is 16.5. The number of hydrogen-bond acceptors (Lipinski definition) is 5. The number of anilines is 2. The number of aryl methyl sites for hydroxylation is 1. The van der Waals surface area contributed by atoms with Crippen LogP contribution in [0.5, 0.6) is 0 Å². The molecular formula is C20H22F3N4OP. The standard InChI is InChI=1S/C20H22F3N4OP/c1-10(12-6-5-7-13(18(12)21)19(22)23)25-20-14-8-17(29(3,4)28)15(24)9-16(14)26-11(2)27-20/h5-10,19H,24H2,1-4H3,(H,25,26,27)/t10-/m1/s1. The summed E-state index contributed by atoms with van der Waals surface area (Å²) in [6, 6.07) is 6.56. The Labute approximate surface area is 166 Å². The predicted octanol–water partition coefficient (Wildman–Crippen LogP) is 5.02. The number of nitrogen functional groups attached to an aromatic ring is 1. The van der Waals surface area contributed by atoms with Crippen molar-refractivity contribution < 1.29 is 17.7 Å². The van der Waals surface area contributed by atoms with E-state index in [0.29, 0.717) is 33.5 Å². The van der Waals surface area contributed by atoms with Crippen LogP contribution in [0.2, 0.25) is 0 Å². The minimum Gasteiger partial charge on any atom is -0.398 e. The van der Waals surface area contributed by atoms with E-state index < -0.39 is 31.0 Å². The second-order valence-corrected chi connectivity index (χ2v) is 10.5. The van der Waals surface area contributed by atoms with Crippen molar-refractivity contribution in [2.75, 3.05) is 24.4 Å². The summed E-state index contributed by atoms with van der Waals surface area (Å²) in [4.78, 5) is 8.74. The molecule has 1 atom stereocenters. The number of halogens is 3. The van der Waals surface area contributed by atoms with Crippen molar-refractivity contribution in [2.45, 2.75) is 26.3 Å². The highest BCUT2D eigenvalue weighted by molar-refractivity contribution is 7.70. The molecule has 0 bridgehead atoms. The minimum atomic E-state index is -2.90. The van der Waals surface area contributed by atoms with Crippen molar-refractivity contribution >= 4 is 34.9 Å². The molecule has 5 nitrogen and oxygen atoms in total. The maximum absolute atomic E-state index is 14.5. The molecule has 9 heteroatoms. The fourth-order valence-corrected chi connectivity index (χ4v) is 4.35. The Bertz CT molecular complexity index is 1130. The van der Waals surface area contributed by atoms with E-state index in [1.165, 1.54) is 12.1 Å². The Morgan fingerprint density at radius 1 is 1.14 bits per heavy atom. The summed E-state index contributed by atoms with van der Waals surface area (Å²) in [5.41, 5.74) is 6.43. The highest BCUT2D eigenvalue weighted by Crippen LogP contribution is 2.39. The summed E-state index contributed by atoms with van der Waals surface area (Å²) < 4.78 is 53.2. The second kappa shape index (κ2) is 7.67. The third-order valence-electron chi connectivity index (χ3n) is 4.65. The molecule has 0 saturated carbocycles. The van der Waals surface area contributed by atoms with Gasteiger partial charge in [0.1, 0.15) is 24.6 Å². The summed E-state index contributed by atoms with van der Waals surface area (Å²) in [7, 11) is -2.66. The molecule has 29 heavy (non-hydrogen) atoms. The molecule has 0 radical (unpaired) electrons. The maximum atomic E-state index is 14.5. The van der Waals surface area contributed by atoms with Gasteiger partial charge in [-0.25, -0.2) is 23.1 Å². The normalized spacial score (nSPS) is 13.1. The number of benzene rings is 2. The molecule has 0 aliphatic rings. The van der Waals surface area contributed by atoms with Crippen molar-refractivity contribution in [2.24, 2.45) is 0 Å². The average molecular weight is 422 g/mol. The first-order valence-electron chi connectivity index (χ1n) is 8.95. The van der Waals surface area contributed by atoms with Crippen molar-refractivity contribution in [1.82, 2.24) is 9.97 Å². The van der Waals surface area contributed by atoms with E-state index in [4.69, 9.17) is 5.73 Å². The lowest BCUT2D eigenvalue weighted by atomic mass is 10.0. The van der Waals surface area contributed by atoms with Crippen molar-refractivity contribution in [3.63, 3.8) is 0 Å². The van der Waals surface area contributed by atoms with Crippen molar-refractivity contribution in [3.05, 3.63) is 53.1 Å². The van der Waals surface area contributed by atoms with Gasteiger partial charge in [-0.3, -0.25) is 0 Å². The number of nitrogens with one attached hydrogen (secondary N) is 1. The third-order valence-corrected chi connectivity index (χ3v) is 6.20. The van der Waals surface area contributed by atoms with Crippen molar-refractivity contribution in [1.29, 1.82) is 0 Å². The van der Waals surface area contributed by atoms with Crippen LogP contribution in [0.4, 0.5) is 24.7 Å². The van der Waals surface area contributed by atoms with Gasteiger partial charge in [0.05, 0.1) is 17.1 Å². The monoisotopic (exact) mass is 422 g/mol. The average Bonchev–Trinajstić information content (AvgIpc) is 2.59. The summed E-state index contributed by atoms with van der Waals surface area (Å²) in [6.07, 6.45) is -2.90. The largest absolute Gasteiger partial charge is 0.398 e. The van der Waals surface area contributed by atoms with E-state index >= 15 is 0 Å². The van der Waals surface area contributed by atoms with Crippen LogP contribution in [0.25, 0.3) is 10.9 Å². The van der Waals surface area contributed by atoms with E-state index in [2.05, 4.69) is 15.3 Å². The molecule has 0 aliphatic heterocycles. The van der Waals surface area contributed by atoms with Gasteiger partial charge in [0.15, 0.2) is 0 Å². The quantitative estimate of drug-likeness (QED) is 0.446. The Morgan fingerprint density at radius 3 is 2.41 bits per heavy atom. The van der Waals surface area contributed by atoms with Crippen LogP contribution >= 0.6 is 7.14 Å². The highest BCUT2D eigenvalue weighted by atomic mass is 31.2. The first kappa shape index (κ1) is 21.1. The van der Waals surface area contributed by atoms with Gasteiger partial charge in [0.25, 0.3) is 6.43 Å². The number of alkyl halides is 2. The predicted molar refractivity (Wildman–Crippen MR) is 111 cm³/mol. The lowest BCUT2D eigenvalue weighted by Gasteiger charge is -2.19. The lowest BCUT2D eigenvalue weighted by molar-refractivity contribution is 0.146. The summed E-state index contributed by atoms with van der Waals surface area (Å²) in [6.45, 7) is 6.57. The highest BCUT2D eigenvalue weighted by Gasteiger charge is 2.22. The van der Waals surface area contributed by atoms with Gasteiger partial charge in [-0.2, -0.15) is 0 Å². The molecule has 0 fully saturated rings. The van der Waals surface area contributed by atoms with E-state index in [-0.39, 0.29) is 5.56 Å². The summed E-state index contributed by atoms with van der Waals surface area (Å²) in [5, 5.41) is 4.15. The Hall–Kier alpha value is -2.60. The number of nitrogens with two attached hydrogens (primary N) is 1. The fourth-order valence-electron chi connectivity index (χ4n) is 3.23. The molecule has 0 saturated heterocycles. The molecule has 3 rings (SSSR count). The number of nitrogens with zero attached hydrogens (tertiary/aromatic N) is 2. The Morgan fingerprint density at radius 2 is 1.79 bits per heavy atom. The zero-order valence-corrected chi connectivity index (χ0v) is 17.4. The molecule has 3 aromatic rings. The third kappa shape index (κ3) is 4.22. The molecule has 0 aliphatic carbocycles. The van der Waals surface area contributed by atoms with Crippen LogP contribution in [-0.2, 0) is 4.57 Å². The number of fused-ring (bicyclic) bond motifs is 1. The van der Waals surface area contributed by atoms with E-state index in [9.17, 15) is 17.7 Å². The van der Waals surface area contributed by atoms with Crippen LogP contribution in [0.15, 0.2) is 30.3 Å². The first-order chi connectivity index (χ1) is 13.5. The molecule has 2 aromatic carbocycles. The van der Waals surface area contributed by atoms with Gasteiger partial charge in [0.2, 0.25) is 0 Å². The smallest absolute Gasteiger partial charge is 0.266 e. The second-order valence-electron chi connectivity index (χ2n) is 7.32. The summed E-state index contributed by atoms with van der Waals surface area (Å²) in [5.74, 6) is -0.108. The van der Waals surface area contributed by atoms with Crippen LogP contribution < -0.4 is 16.4 Å². The fraction of sp³-hybridized carbons (Fsp3) is 0.300. The minimum absolute atomic E-state index is 0.0968. The Balaban J connectivity index is 2.10. The van der Waals surface area contributed by atoms with Gasteiger partial charge in [-0.05, 0) is 39.3 Å².